The monoisotopic (exact) mass is 307 g/mol. The highest BCUT2D eigenvalue weighted by molar-refractivity contribution is 7.80. The molecule has 2 amide bonds. The average Bonchev–Trinajstić information content (AvgIpc) is 2.36. The van der Waals surface area contributed by atoms with Crippen LogP contribution >= 0.6 is 12.2 Å². The van der Waals surface area contributed by atoms with Crippen LogP contribution in [0.5, 0.6) is 0 Å². The maximum Gasteiger partial charge on any atom is 0.231 e. The normalized spacial score (nSPS) is 10.7. The van der Waals surface area contributed by atoms with Crippen LogP contribution in [0.4, 0.5) is 11.4 Å². The number of benzene rings is 1. The molecule has 0 radical (unpaired) electrons. The van der Waals surface area contributed by atoms with Gasteiger partial charge in [-0.3, -0.25) is 9.59 Å². The van der Waals surface area contributed by atoms with Gasteiger partial charge in [0, 0.05) is 30.8 Å². The van der Waals surface area contributed by atoms with Gasteiger partial charge in [0.2, 0.25) is 11.8 Å². The number of amides is 2. The Labute approximate surface area is 130 Å². The zero-order chi connectivity index (χ0) is 16.2. The van der Waals surface area contributed by atoms with Crippen LogP contribution in [0, 0.1) is 5.41 Å². The lowest BCUT2D eigenvalue weighted by atomic mass is 9.96. The molecule has 0 unspecified atom stereocenters. The van der Waals surface area contributed by atoms with Crippen molar-refractivity contribution in [3.8, 4) is 0 Å². The van der Waals surface area contributed by atoms with Gasteiger partial charge in [0.1, 0.15) is 0 Å². The SMILES string of the molecule is CC(=O)N(C)c1cccc(NC(=S)NC(=O)C(C)(C)C)c1. The van der Waals surface area contributed by atoms with Crippen molar-refractivity contribution in [3.63, 3.8) is 0 Å². The second-order valence-electron chi connectivity index (χ2n) is 5.79. The Hall–Kier alpha value is -1.95. The van der Waals surface area contributed by atoms with Crippen LogP contribution in [0.2, 0.25) is 0 Å². The Bertz CT molecular complexity index is 564. The minimum absolute atomic E-state index is 0.0595. The van der Waals surface area contributed by atoms with E-state index in [1.54, 1.807) is 13.1 Å². The number of rotatable bonds is 2. The van der Waals surface area contributed by atoms with E-state index in [2.05, 4.69) is 10.6 Å². The van der Waals surface area contributed by atoms with Gasteiger partial charge in [-0.15, -0.1) is 0 Å². The number of nitrogens with one attached hydrogen (secondary N) is 2. The van der Waals surface area contributed by atoms with Crippen molar-refractivity contribution in [2.24, 2.45) is 5.41 Å². The molecule has 0 aliphatic rings. The van der Waals surface area contributed by atoms with Gasteiger partial charge in [-0.05, 0) is 30.4 Å². The second kappa shape index (κ2) is 6.67. The molecule has 0 saturated heterocycles. The Balaban J connectivity index is 2.76. The average molecular weight is 307 g/mol. The molecular weight excluding hydrogens is 286 g/mol. The van der Waals surface area contributed by atoms with Gasteiger partial charge in [0.25, 0.3) is 0 Å². The third-order valence-electron chi connectivity index (χ3n) is 2.87. The van der Waals surface area contributed by atoms with Crippen LogP contribution in [-0.2, 0) is 9.59 Å². The second-order valence-corrected chi connectivity index (χ2v) is 6.19. The minimum atomic E-state index is -0.511. The lowest BCUT2D eigenvalue weighted by Crippen LogP contribution is -2.41. The van der Waals surface area contributed by atoms with Crippen molar-refractivity contribution in [2.45, 2.75) is 27.7 Å². The predicted molar refractivity (Wildman–Crippen MR) is 89.3 cm³/mol. The van der Waals surface area contributed by atoms with Crippen molar-refractivity contribution in [2.75, 3.05) is 17.3 Å². The number of hydrogen-bond donors (Lipinski definition) is 2. The molecule has 0 fully saturated rings. The van der Waals surface area contributed by atoms with E-state index in [1.165, 1.54) is 11.8 Å². The molecule has 1 rings (SSSR count). The van der Waals surface area contributed by atoms with Crippen LogP contribution in [0.1, 0.15) is 27.7 Å². The molecule has 2 N–H and O–H groups in total. The molecular formula is C15H21N3O2S. The van der Waals surface area contributed by atoms with Crippen molar-refractivity contribution in [1.82, 2.24) is 5.32 Å². The summed E-state index contributed by atoms with van der Waals surface area (Å²) < 4.78 is 0. The molecule has 6 heteroatoms. The van der Waals surface area contributed by atoms with Crippen LogP contribution < -0.4 is 15.5 Å². The van der Waals surface area contributed by atoms with E-state index in [-0.39, 0.29) is 16.9 Å². The number of nitrogens with zero attached hydrogens (tertiary/aromatic N) is 1. The van der Waals surface area contributed by atoms with Crippen molar-refractivity contribution in [1.29, 1.82) is 0 Å². The van der Waals surface area contributed by atoms with E-state index >= 15 is 0 Å². The summed E-state index contributed by atoms with van der Waals surface area (Å²) in [6.07, 6.45) is 0. The minimum Gasteiger partial charge on any atom is -0.332 e. The zero-order valence-electron chi connectivity index (χ0n) is 13.0. The highest BCUT2D eigenvalue weighted by Crippen LogP contribution is 2.19. The number of carbonyl (C=O) groups is 2. The van der Waals surface area contributed by atoms with E-state index in [4.69, 9.17) is 12.2 Å². The smallest absolute Gasteiger partial charge is 0.231 e. The molecule has 0 spiro atoms. The molecule has 0 aliphatic heterocycles. The predicted octanol–water partition coefficient (Wildman–Crippen LogP) is 2.53. The first kappa shape index (κ1) is 17.1. The quantitative estimate of drug-likeness (QED) is 0.824. The Kier molecular flexibility index (Phi) is 5.43. The van der Waals surface area contributed by atoms with Crippen molar-refractivity contribution >= 4 is 40.5 Å². The molecule has 21 heavy (non-hydrogen) atoms. The number of thiocarbonyl (C=S) groups is 1. The summed E-state index contributed by atoms with van der Waals surface area (Å²) in [5.74, 6) is -0.215. The van der Waals surface area contributed by atoms with E-state index in [1.807, 2.05) is 39.0 Å². The van der Waals surface area contributed by atoms with E-state index in [0.29, 0.717) is 5.69 Å². The zero-order valence-corrected chi connectivity index (χ0v) is 13.8. The summed E-state index contributed by atoms with van der Waals surface area (Å²) in [6, 6.07) is 7.23. The summed E-state index contributed by atoms with van der Waals surface area (Å²) >= 11 is 5.12. The summed E-state index contributed by atoms with van der Waals surface area (Å²) in [5.41, 5.74) is 0.944. The van der Waals surface area contributed by atoms with Crippen LogP contribution in [0.25, 0.3) is 0 Å². The molecule has 0 heterocycles. The molecule has 0 aliphatic carbocycles. The van der Waals surface area contributed by atoms with E-state index in [9.17, 15) is 9.59 Å². The number of anilines is 2. The molecule has 5 nitrogen and oxygen atoms in total. The van der Waals surface area contributed by atoms with Gasteiger partial charge in [-0.1, -0.05) is 26.8 Å². The first-order valence-electron chi connectivity index (χ1n) is 6.58. The Morgan fingerprint density at radius 3 is 2.38 bits per heavy atom. The molecule has 0 atom stereocenters. The largest absolute Gasteiger partial charge is 0.332 e. The van der Waals surface area contributed by atoms with Gasteiger partial charge in [-0.25, -0.2) is 0 Å². The number of carbonyl (C=O) groups excluding carboxylic acids is 2. The molecule has 0 aromatic heterocycles. The number of hydrogen-bond acceptors (Lipinski definition) is 3. The first-order chi connectivity index (χ1) is 9.61. The Morgan fingerprint density at radius 1 is 1.24 bits per heavy atom. The Morgan fingerprint density at radius 2 is 1.86 bits per heavy atom. The molecule has 1 aromatic rings. The van der Waals surface area contributed by atoms with E-state index < -0.39 is 5.41 Å². The molecule has 0 bridgehead atoms. The lowest BCUT2D eigenvalue weighted by Gasteiger charge is -2.19. The standard InChI is InChI=1S/C15H21N3O2S/c1-10(19)18(5)12-8-6-7-11(9-12)16-14(21)17-13(20)15(2,3)4/h6-9H,1-5H3,(H2,16,17,20,21). The molecule has 114 valence electrons. The van der Waals surface area contributed by atoms with E-state index in [0.717, 1.165) is 5.69 Å². The third-order valence-corrected chi connectivity index (χ3v) is 3.08. The van der Waals surface area contributed by atoms with Gasteiger partial charge in [0.15, 0.2) is 5.11 Å². The van der Waals surface area contributed by atoms with Crippen molar-refractivity contribution in [3.05, 3.63) is 24.3 Å². The van der Waals surface area contributed by atoms with Crippen LogP contribution in [0.3, 0.4) is 0 Å². The fraction of sp³-hybridized carbons (Fsp3) is 0.400. The van der Waals surface area contributed by atoms with Gasteiger partial charge in [-0.2, -0.15) is 0 Å². The highest BCUT2D eigenvalue weighted by Gasteiger charge is 2.22. The highest BCUT2D eigenvalue weighted by atomic mass is 32.1. The van der Waals surface area contributed by atoms with Gasteiger partial charge < -0.3 is 15.5 Å². The van der Waals surface area contributed by atoms with Crippen LogP contribution in [-0.4, -0.2) is 24.0 Å². The molecule has 0 saturated carbocycles. The summed E-state index contributed by atoms with van der Waals surface area (Å²) in [7, 11) is 1.70. The summed E-state index contributed by atoms with van der Waals surface area (Å²) in [6.45, 7) is 6.93. The maximum absolute atomic E-state index is 11.8. The maximum atomic E-state index is 11.8. The molecule has 1 aromatic carbocycles. The lowest BCUT2D eigenvalue weighted by molar-refractivity contribution is -0.126. The third kappa shape index (κ3) is 5.15. The van der Waals surface area contributed by atoms with Gasteiger partial charge >= 0.3 is 0 Å². The fourth-order valence-corrected chi connectivity index (χ4v) is 1.64. The van der Waals surface area contributed by atoms with Crippen LogP contribution in [0.15, 0.2) is 24.3 Å². The van der Waals surface area contributed by atoms with Gasteiger partial charge in [0.05, 0.1) is 0 Å². The topological polar surface area (TPSA) is 61.4 Å². The summed E-state index contributed by atoms with van der Waals surface area (Å²) in [5, 5.41) is 5.82. The fourth-order valence-electron chi connectivity index (χ4n) is 1.43. The summed E-state index contributed by atoms with van der Waals surface area (Å²) in [4.78, 5) is 24.7. The van der Waals surface area contributed by atoms with Crippen molar-refractivity contribution < 1.29 is 9.59 Å². The first-order valence-corrected chi connectivity index (χ1v) is 6.99.